The summed E-state index contributed by atoms with van der Waals surface area (Å²) in [4.78, 5) is 10.8. The number of carboxylic acids is 1. The minimum Gasteiger partial charge on any atom is -0.478 e. The number of carboxylic acid groups (broad SMARTS) is 1. The molecule has 92 valence electrons. The summed E-state index contributed by atoms with van der Waals surface area (Å²) in [6.07, 6.45) is 4.43. The van der Waals surface area contributed by atoms with E-state index in [0.29, 0.717) is 0 Å². The Hall–Kier alpha value is -1.71. The van der Waals surface area contributed by atoms with Crippen molar-refractivity contribution in [1.82, 2.24) is 0 Å². The van der Waals surface area contributed by atoms with Gasteiger partial charge >= 0.3 is 5.97 Å². The Labute approximate surface area is 101 Å². The smallest absolute Gasteiger partial charge is 0.335 e. The number of hydrogen-bond donors (Lipinski definition) is 2. The lowest BCUT2D eigenvalue weighted by Gasteiger charge is -2.10. The second-order valence-corrected chi connectivity index (χ2v) is 4.26. The summed E-state index contributed by atoms with van der Waals surface area (Å²) in [5.74, 6) is -0.166. The molecule has 0 aromatic heterocycles. The van der Waals surface area contributed by atoms with E-state index in [1.165, 1.54) is 12.8 Å². The molecule has 2 N–H and O–H groups in total. The Morgan fingerprint density at radius 2 is 2.29 bits per heavy atom. The molecule has 0 aliphatic carbocycles. The molecule has 0 fully saturated rings. The summed E-state index contributed by atoms with van der Waals surface area (Å²) in [6.45, 7) is 2.16. The Morgan fingerprint density at radius 3 is 3.00 bits per heavy atom. The van der Waals surface area contributed by atoms with Crippen LogP contribution in [0.4, 0.5) is 5.69 Å². The average Bonchev–Trinajstić information content (AvgIpc) is 2.70. The zero-order chi connectivity index (χ0) is 12.3. The first-order valence-corrected chi connectivity index (χ1v) is 6.01. The zero-order valence-electron chi connectivity index (χ0n) is 9.90. The quantitative estimate of drug-likeness (QED) is 0.770. The molecule has 17 heavy (non-hydrogen) atoms. The Bertz CT molecular complexity index is 417. The summed E-state index contributed by atoms with van der Waals surface area (Å²) in [5, 5.41) is 12.1. The highest BCUT2D eigenvalue weighted by Crippen LogP contribution is 2.33. The number of aromatic carboxylic acids is 1. The molecule has 1 heterocycles. The molecule has 2 rings (SSSR count). The minimum absolute atomic E-state index is 0.0133. The maximum atomic E-state index is 10.8. The van der Waals surface area contributed by atoms with Crippen LogP contribution in [0.5, 0.6) is 5.75 Å². The van der Waals surface area contributed by atoms with E-state index < -0.39 is 5.97 Å². The molecule has 0 saturated heterocycles. The highest BCUT2D eigenvalue weighted by atomic mass is 16.5. The van der Waals surface area contributed by atoms with E-state index in [1.807, 2.05) is 0 Å². The molecule has 1 atom stereocenters. The highest BCUT2D eigenvalue weighted by Gasteiger charge is 2.22. The van der Waals surface area contributed by atoms with Gasteiger partial charge in [0.05, 0.1) is 11.3 Å². The van der Waals surface area contributed by atoms with Gasteiger partial charge in [-0.15, -0.1) is 0 Å². The first-order chi connectivity index (χ1) is 8.20. The lowest BCUT2D eigenvalue weighted by Crippen LogP contribution is -2.19. The van der Waals surface area contributed by atoms with Gasteiger partial charge in [0.1, 0.15) is 5.75 Å². The number of ether oxygens (including phenoxy) is 1. The fourth-order valence-corrected chi connectivity index (χ4v) is 1.95. The minimum atomic E-state index is -0.913. The van der Waals surface area contributed by atoms with E-state index in [1.54, 1.807) is 18.2 Å². The molecule has 1 aliphatic heterocycles. The van der Waals surface area contributed by atoms with Crippen LogP contribution in [0.3, 0.4) is 0 Å². The van der Waals surface area contributed by atoms with Gasteiger partial charge in [-0.25, -0.2) is 4.79 Å². The molecule has 1 aromatic rings. The van der Waals surface area contributed by atoms with Crippen molar-refractivity contribution in [1.29, 1.82) is 0 Å². The van der Waals surface area contributed by atoms with Crippen molar-refractivity contribution in [3.05, 3.63) is 23.8 Å². The van der Waals surface area contributed by atoms with Crippen LogP contribution in [0.15, 0.2) is 18.2 Å². The van der Waals surface area contributed by atoms with E-state index in [2.05, 4.69) is 12.2 Å². The summed E-state index contributed by atoms with van der Waals surface area (Å²) >= 11 is 0. The maximum Gasteiger partial charge on any atom is 0.335 e. The lowest BCUT2D eigenvalue weighted by atomic mass is 10.2. The van der Waals surface area contributed by atoms with Crippen molar-refractivity contribution in [2.75, 3.05) is 5.32 Å². The molecule has 0 bridgehead atoms. The number of carbonyl (C=O) groups is 1. The first kappa shape index (κ1) is 11.8. The first-order valence-electron chi connectivity index (χ1n) is 6.01. The second kappa shape index (κ2) is 5.08. The number of rotatable bonds is 5. The number of benzene rings is 1. The fraction of sp³-hybridized carbons (Fsp3) is 0.462. The van der Waals surface area contributed by atoms with E-state index in [-0.39, 0.29) is 11.8 Å². The Morgan fingerprint density at radius 1 is 1.47 bits per heavy atom. The van der Waals surface area contributed by atoms with Gasteiger partial charge in [-0.05, 0) is 24.6 Å². The van der Waals surface area contributed by atoms with Gasteiger partial charge in [-0.2, -0.15) is 0 Å². The molecule has 0 radical (unpaired) electrons. The van der Waals surface area contributed by atoms with Crippen molar-refractivity contribution in [2.24, 2.45) is 0 Å². The molecule has 0 saturated carbocycles. The molecular formula is C13H17NO3. The molecule has 0 spiro atoms. The van der Waals surface area contributed by atoms with Gasteiger partial charge in [0.25, 0.3) is 0 Å². The Kier molecular flexibility index (Phi) is 3.52. The number of unbranched alkanes of at least 4 members (excludes halogenated alkanes) is 2. The van der Waals surface area contributed by atoms with Crippen LogP contribution in [0.1, 0.15) is 43.0 Å². The van der Waals surface area contributed by atoms with Crippen molar-refractivity contribution in [3.63, 3.8) is 0 Å². The molecular weight excluding hydrogens is 218 g/mol. The van der Waals surface area contributed by atoms with Crippen molar-refractivity contribution < 1.29 is 14.6 Å². The summed E-state index contributed by atoms with van der Waals surface area (Å²) < 4.78 is 5.68. The van der Waals surface area contributed by atoms with Crippen LogP contribution in [-0.4, -0.2) is 17.3 Å². The number of anilines is 1. The SMILES string of the molecule is CCCCCC1Nc2cc(C(=O)O)ccc2O1. The molecule has 1 aliphatic rings. The molecule has 1 unspecified atom stereocenters. The number of hydrogen-bond acceptors (Lipinski definition) is 3. The normalized spacial score (nSPS) is 17.1. The van der Waals surface area contributed by atoms with Gasteiger partial charge in [-0.1, -0.05) is 19.8 Å². The molecule has 0 amide bonds. The molecule has 4 heteroatoms. The average molecular weight is 235 g/mol. The van der Waals surface area contributed by atoms with E-state index in [0.717, 1.165) is 24.3 Å². The fourth-order valence-electron chi connectivity index (χ4n) is 1.95. The summed E-state index contributed by atoms with van der Waals surface area (Å²) in [6, 6.07) is 4.90. The van der Waals surface area contributed by atoms with Crippen molar-refractivity contribution in [3.8, 4) is 5.75 Å². The van der Waals surface area contributed by atoms with Crippen molar-refractivity contribution in [2.45, 2.75) is 38.8 Å². The van der Waals surface area contributed by atoms with Gasteiger partial charge < -0.3 is 15.2 Å². The van der Waals surface area contributed by atoms with Crippen LogP contribution in [0, 0.1) is 0 Å². The van der Waals surface area contributed by atoms with Crippen LogP contribution in [-0.2, 0) is 0 Å². The molecule has 1 aromatic carbocycles. The van der Waals surface area contributed by atoms with E-state index in [9.17, 15) is 4.79 Å². The van der Waals surface area contributed by atoms with E-state index >= 15 is 0 Å². The zero-order valence-corrected chi connectivity index (χ0v) is 9.90. The van der Waals surface area contributed by atoms with Crippen LogP contribution in [0.25, 0.3) is 0 Å². The van der Waals surface area contributed by atoms with Crippen LogP contribution >= 0.6 is 0 Å². The second-order valence-electron chi connectivity index (χ2n) is 4.26. The summed E-state index contributed by atoms with van der Waals surface area (Å²) in [7, 11) is 0. The highest BCUT2D eigenvalue weighted by molar-refractivity contribution is 5.89. The van der Waals surface area contributed by atoms with E-state index in [4.69, 9.17) is 9.84 Å². The Balaban J connectivity index is 1.99. The standard InChI is InChI=1S/C13H17NO3/c1-2-3-4-5-12-14-10-8-9(13(15)16)6-7-11(10)17-12/h6-8,12,14H,2-5H2,1H3,(H,15,16). The van der Waals surface area contributed by atoms with Gasteiger partial charge in [0.2, 0.25) is 0 Å². The predicted molar refractivity (Wildman–Crippen MR) is 65.6 cm³/mol. The van der Waals surface area contributed by atoms with Crippen LogP contribution in [0.2, 0.25) is 0 Å². The molecule has 4 nitrogen and oxygen atoms in total. The van der Waals surface area contributed by atoms with Crippen LogP contribution < -0.4 is 10.1 Å². The summed E-state index contributed by atoms with van der Waals surface area (Å²) in [5.41, 5.74) is 1.07. The van der Waals surface area contributed by atoms with Gasteiger partial charge in [0.15, 0.2) is 6.23 Å². The number of fused-ring (bicyclic) bond motifs is 1. The monoisotopic (exact) mass is 235 g/mol. The topological polar surface area (TPSA) is 58.6 Å². The third kappa shape index (κ3) is 2.70. The lowest BCUT2D eigenvalue weighted by molar-refractivity contribution is 0.0697. The largest absolute Gasteiger partial charge is 0.478 e. The van der Waals surface area contributed by atoms with Gasteiger partial charge in [-0.3, -0.25) is 0 Å². The predicted octanol–water partition coefficient (Wildman–Crippen LogP) is 3.10. The maximum absolute atomic E-state index is 10.8. The third-order valence-corrected chi connectivity index (χ3v) is 2.88. The van der Waals surface area contributed by atoms with Crippen molar-refractivity contribution >= 4 is 11.7 Å². The van der Waals surface area contributed by atoms with Gasteiger partial charge in [0, 0.05) is 6.42 Å². The third-order valence-electron chi connectivity index (χ3n) is 2.88. The number of nitrogens with one attached hydrogen (secondary N) is 1.